The second-order valence-corrected chi connectivity index (χ2v) is 10.1. The number of ether oxygens (including phenoxy) is 2. The van der Waals surface area contributed by atoms with Crippen molar-refractivity contribution >= 4 is 41.9 Å². The summed E-state index contributed by atoms with van der Waals surface area (Å²) < 4.78 is 24.2. The van der Waals surface area contributed by atoms with E-state index in [0.29, 0.717) is 46.9 Å². The van der Waals surface area contributed by atoms with Gasteiger partial charge in [0, 0.05) is 34.9 Å². The third-order valence-electron chi connectivity index (χ3n) is 7.21. The van der Waals surface area contributed by atoms with Crippen LogP contribution in [-0.2, 0) is 16.1 Å². The number of anilines is 2. The Kier molecular flexibility index (Phi) is 7.83. The quantitative estimate of drug-likeness (QED) is 0.299. The second-order valence-electron chi connectivity index (χ2n) is 9.61. The van der Waals surface area contributed by atoms with E-state index in [2.05, 4.69) is 28.6 Å². The van der Waals surface area contributed by atoms with Crippen molar-refractivity contribution in [3.05, 3.63) is 82.7 Å². The molecule has 2 atom stereocenters. The molecule has 0 spiro atoms. The van der Waals surface area contributed by atoms with Crippen LogP contribution in [0, 0.1) is 5.82 Å². The molecule has 3 amide bonds. The number of amides is 3. The van der Waals surface area contributed by atoms with E-state index >= 15 is 0 Å². The number of benzene rings is 3. The van der Waals surface area contributed by atoms with Crippen LogP contribution in [0.1, 0.15) is 52.0 Å². The van der Waals surface area contributed by atoms with E-state index in [-0.39, 0.29) is 23.6 Å². The lowest BCUT2D eigenvalue weighted by molar-refractivity contribution is -0.133. The molecule has 0 aromatic heterocycles. The monoisotopic (exact) mass is 564 g/mol. The molecule has 0 bridgehead atoms. The van der Waals surface area contributed by atoms with E-state index in [1.165, 1.54) is 26.4 Å². The number of nitrogens with one attached hydrogen (secondary N) is 3. The summed E-state index contributed by atoms with van der Waals surface area (Å²) in [6.07, 6.45) is 0.853. The number of rotatable bonds is 7. The minimum absolute atomic E-state index is 0.0163. The number of hydrogen-bond acceptors (Lipinski definition) is 7. The maximum atomic E-state index is 14.3. The van der Waals surface area contributed by atoms with Crippen LogP contribution in [0.2, 0.25) is 0 Å². The van der Waals surface area contributed by atoms with Gasteiger partial charge in [0.2, 0.25) is 5.91 Å². The summed E-state index contributed by atoms with van der Waals surface area (Å²) in [5.41, 5.74) is 3.81. The molecule has 1 saturated heterocycles. The fraction of sp³-hybridized carbons (Fsp3) is 0.276. The van der Waals surface area contributed by atoms with Crippen molar-refractivity contribution < 1.29 is 28.2 Å². The summed E-state index contributed by atoms with van der Waals surface area (Å²) in [6, 6.07) is 13.7. The lowest BCUT2D eigenvalue weighted by atomic mass is 10.00. The Morgan fingerprint density at radius 1 is 1.10 bits per heavy atom. The van der Waals surface area contributed by atoms with Gasteiger partial charge in [-0.05, 0) is 72.0 Å². The lowest BCUT2D eigenvalue weighted by Gasteiger charge is -2.31. The predicted octanol–water partition coefficient (Wildman–Crippen LogP) is 5.06. The highest BCUT2D eigenvalue weighted by Gasteiger charge is 2.36. The molecule has 11 heteroatoms. The second kappa shape index (κ2) is 11.5. The van der Waals surface area contributed by atoms with E-state index in [1.54, 1.807) is 35.2 Å². The molecule has 2 heterocycles. The predicted molar refractivity (Wildman–Crippen MR) is 150 cm³/mol. The third-order valence-corrected chi connectivity index (χ3v) is 7.62. The van der Waals surface area contributed by atoms with Gasteiger partial charge in [0.05, 0.1) is 20.3 Å². The van der Waals surface area contributed by atoms with Gasteiger partial charge >= 0.3 is 6.09 Å². The Labute approximate surface area is 236 Å². The van der Waals surface area contributed by atoms with Gasteiger partial charge in [-0.15, -0.1) is 12.6 Å². The summed E-state index contributed by atoms with van der Waals surface area (Å²) in [7, 11) is 2.65. The Bertz CT molecular complexity index is 1480. The third kappa shape index (κ3) is 5.42. The molecule has 208 valence electrons. The summed E-state index contributed by atoms with van der Waals surface area (Å²) in [4.78, 5) is 40.8. The molecular weight excluding hydrogens is 535 g/mol. The normalized spacial score (nSPS) is 16.6. The number of carbonyl (C=O) groups excluding carboxylic acids is 3. The Balaban J connectivity index is 1.50. The largest absolute Gasteiger partial charge is 0.494 e. The van der Waals surface area contributed by atoms with Crippen molar-refractivity contribution in [2.45, 2.75) is 36.4 Å². The Morgan fingerprint density at radius 3 is 2.67 bits per heavy atom. The number of likely N-dealkylation sites (tertiary alicyclic amines) is 1. The van der Waals surface area contributed by atoms with Gasteiger partial charge in [-0.3, -0.25) is 14.9 Å². The van der Waals surface area contributed by atoms with E-state index in [0.717, 1.165) is 17.5 Å². The molecule has 3 aromatic carbocycles. The topological polar surface area (TPSA) is 109 Å². The van der Waals surface area contributed by atoms with Crippen LogP contribution >= 0.6 is 12.6 Å². The van der Waals surface area contributed by atoms with Crippen molar-refractivity contribution in [1.29, 1.82) is 0 Å². The zero-order valence-corrected chi connectivity index (χ0v) is 22.9. The number of halogens is 1. The summed E-state index contributed by atoms with van der Waals surface area (Å²) in [6.45, 7) is 0.950. The van der Waals surface area contributed by atoms with E-state index in [4.69, 9.17) is 9.47 Å². The standard InChI is InChI=1S/C29H29FN4O5S/c1-38-24-12-16(6-9-22(24)30)26(32-18-7-5-17-15-31-27(35)20(17)13-18)28(36)34-11-3-4-23(34)21-14-19(8-10-25(21)40)33-29(37)39-2/h5-10,12-14,23,26,32,40H,3-4,11,15H2,1-2H3,(H,31,35)(H,33,37)/t23-,26-/m1/s1. The van der Waals surface area contributed by atoms with Gasteiger partial charge in [-0.2, -0.15) is 0 Å². The van der Waals surface area contributed by atoms with Gasteiger partial charge in [0.15, 0.2) is 11.6 Å². The van der Waals surface area contributed by atoms with Crippen LogP contribution < -0.4 is 20.7 Å². The van der Waals surface area contributed by atoms with E-state index in [9.17, 15) is 18.8 Å². The maximum Gasteiger partial charge on any atom is 0.411 e. The smallest absolute Gasteiger partial charge is 0.411 e. The van der Waals surface area contributed by atoms with Crippen molar-refractivity contribution in [3.8, 4) is 5.75 Å². The van der Waals surface area contributed by atoms with Crippen molar-refractivity contribution in [2.75, 3.05) is 31.4 Å². The van der Waals surface area contributed by atoms with Gasteiger partial charge in [-0.25, -0.2) is 9.18 Å². The zero-order chi connectivity index (χ0) is 28.4. The first-order chi connectivity index (χ1) is 19.3. The summed E-state index contributed by atoms with van der Waals surface area (Å²) in [5.74, 6) is -0.936. The van der Waals surface area contributed by atoms with E-state index in [1.807, 2.05) is 12.1 Å². The fourth-order valence-electron chi connectivity index (χ4n) is 5.20. The molecule has 5 rings (SSSR count). The summed E-state index contributed by atoms with van der Waals surface area (Å²) in [5, 5.41) is 8.73. The average molecular weight is 565 g/mol. The molecule has 2 aliphatic rings. The molecule has 0 aliphatic carbocycles. The Hall–Kier alpha value is -4.25. The number of methoxy groups -OCH3 is 2. The van der Waals surface area contributed by atoms with Gasteiger partial charge in [0.25, 0.3) is 5.91 Å². The van der Waals surface area contributed by atoms with Gasteiger partial charge in [-0.1, -0.05) is 12.1 Å². The average Bonchev–Trinajstić information content (AvgIpc) is 3.59. The summed E-state index contributed by atoms with van der Waals surface area (Å²) >= 11 is 4.63. The van der Waals surface area contributed by atoms with Crippen molar-refractivity contribution in [1.82, 2.24) is 10.2 Å². The molecule has 2 aliphatic heterocycles. The number of fused-ring (bicyclic) bond motifs is 1. The molecule has 1 fully saturated rings. The number of thiol groups is 1. The molecular formula is C29H29FN4O5S. The molecule has 3 N–H and O–H groups in total. The maximum absolute atomic E-state index is 14.3. The SMILES string of the molecule is COC(=O)Nc1ccc(S)c([C@H]2CCCN2C(=O)[C@H](Nc2ccc3c(c2)C(=O)NC3)c2ccc(F)c(OC)c2)c1. The first-order valence-electron chi connectivity index (χ1n) is 12.8. The van der Waals surface area contributed by atoms with Crippen molar-refractivity contribution in [3.63, 3.8) is 0 Å². The van der Waals surface area contributed by atoms with Crippen LogP contribution in [0.4, 0.5) is 20.6 Å². The highest BCUT2D eigenvalue weighted by Crippen LogP contribution is 2.39. The molecule has 0 radical (unpaired) electrons. The van der Waals surface area contributed by atoms with Crippen LogP contribution in [-0.4, -0.2) is 43.6 Å². The first kappa shape index (κ1) is 27.3. The molecule has 3 aromatic rings. The number of nitrogens with zero attached hydrogens (tertiary/aromatic N) is 1. The molecule has 9 nitrogen and oxygen atoms in total. The highest BCUT2D eigenvalue weighted by atomic mass is 32.1. The van der Waals surface area contributed by atoms with Crippen LogP contribution in [0.5, 0.6) is 5.75 Å². The minimum atomic E-state index is -0.905. The van der Waals surface area contributed by atoms with Crippen LogP contribution in [0.3, 0.4) is 0 Å². The Morgan fingerprint density at radius 2 is 1.90 bits per heavy atom. The lowest BCUT2D eigenvalue weighted by Crippen LogP contribution is -2.38. The van der Waals surface area contributed by atoms with E-state index < -0.39 is 18.0 Å². The van der Waals surface area contributed by atoms with Crippen LogP contribution in [0.15, 0.2) is 59.5 Å². The van der Waals surface area contributed by atoms with Crippen molar-refractivity contribution in [2.24, 2.45) is 0 Å². The fourth-order valence-corrected chi connectivity index (χ4v) is 5.49. The van der Waals surface area contributed by atoms with Gasteiger partial charge in [0.1, 0.15) is 6.04 Å². The molecule has 0 saturated carbocycles. The molecule has 40 heavy (non-hydrogen) atoms. The van der Waals surface area contributed by atoms with Gasteiger partial charge < -0.3 is 25.0 Å². The first-order valence-corrected chi connectivity index (χ1v) is 13.2. The number of carbonyl (C=O) groups is 3. The highest BCUT2D eigenvalue weighted by molar-refractivity contribution is 7.80. The van der Waals surface area contributed by atoms with Crippen LogP contribution in [0.25, 0.3) is 0 Å². The zero-order valence-electron chi connectivity index (χ0n) is 22.0. The number of hydrogen-bond donors (Lipinski definition) is 4. The molecule has 0 unspecified atom stereocenters. The minimum Gasteiger partial charge on any atom is -0.494 e.